The van der Waals surface area contributed by atoms with E-state index >= 15 is 0 Å². The van der Waals surface area contributed by atoms with Crippen LogP contribution in [0.25, 0.3) is 0 Å². The Kier molecular flexibility index (Phi) is 7.40. The zero-order valence-corrected chi connectivity index (χ0v) is 20.3. The zero-order chi connectivity index (χ0) is 23.5. The number of hydrogen-bond acceptors (Lipinski definition) is 6. The summed E-state index contributed by atoms with van der Waals surface area (Å²) in [5.74, 6) is 0.307. The minimum Gasteiger partial charge on any atom is -0.353 e. The average molecular weight is 460 g/mol. The molecule has 1 amide bonds. The number of benzene rings is 1. The van der Waals surface area contributed by atoms with Gasteiger partial charge in [-0.15, -0.1) is 0 Å². The van der Waals surface area contributed by atoms with Crippen molar-refractivity contribution in [1.82, 2.24) is 15.6 Å². The molecule has 9 heteroatoms. The molecule has 1 aromatic carbocycles. The first-order chi connectivity index (χ1) is 15.1. The number of anilines is 2. The van der Waals surface area contributed by atoms with Crippen LogP contribution in [0.15, 0.2) is 29.3 Å². The molecule has 8 nitrogen and oxygen atoms in total. The van der Waals surface area contributed by atoms with E-state index in [0.29, 0.717) is 16.9 Å². The van der Waals surface area contributed by atoms with Crippen molar-refractivity contribution in [3.05, 3.63) is 46.6 Å². The van der Waals surface area contributed by atoms with Crippen molar-refractivity contribution in [2.45, 2.75) is 52.0 Å². The minimum absolute atomic E-state index is 0.00287. The Morgan fingerprint density at radius 3 is 2.44 bits per heavy atom. The Morgan fingerprint density at radius 2 is 1.78 bits per heavy atom. The number of pyridine rings is 1. The van der Waals surface area contributed by atoms with E-state index in [9.17, 15) is 13.2 Å². The van der Waals surface area contributed by atoms with E-state index in [1.807, 2.05) is 38.7 Å². The number of nitrogens with zero attached hydrogens (tertiary/aromatic N) is 2. The Hall–Kier alpha value is -2.65. The smallest absolute Gasteiger partial charge is 0.262 e. The second-order valence-electron chi connectivity index (χ2n) is 8.42. The molecule has 0 aliphatic carbocycles. The summed E-state index contributed by atoms with van der Waals surface area (Å²) in [6, 6.07) is 5.11. The van der Waals surface area contributed by atoms with Crippen molar-refractivity contribution in [3.8, 4) is 0 Å². The molecule has 3 rings (SSSR count). The van der Waals surface area contributed by atoms with Gasteiger partial charge in [0.15, 0.2) is 0 Å². The molecule has 0 saturated carbocycles. The molecular weight excluding hydrogens is 426 g/mol. The van der Waals surface area contributed by atoms with E-state index in [4.69, 9.17) is 0 Å². The van der Waals surface area contributed by atoms with E-state index in [-0.39, 0.29) is 22.5 Å². The second kappa shape index (κ2) is 9.87. The van der Waals surface area contributed by atoms with E-state index in [2.05, 4.69) is 20.3 Å². The number of hydrogen-bond donors (Lipinski definition) is 3. The number of aromatic nitrogens is 1. The van der Waals surface area contributed by atoms with Crippen molar-refractivity contribution in [3.63, 3.8) is 0 Å². The number of sulfonamides is 1. The van der Waals surface area contributed by atoms with E-state index < -0.39 is 10.0 Å². The molecule has 174 valence electrons. The second-order valence-corrected chi connectivity index (χ2v) is 10.1. The van der Waals surface area contributed by atoms with Crippen LogP contribution in [-0.4, -0.2) is 51.5 Å². The van der Waals surface area contributed by atoms with Gasteiger partial charge < -0.3 is 15.5 Å². The highest BCUT2D eigenvalue weighted by Gasteiger charge is 2.24. The molecule has 1 aliphatic rings. The monoisotopic (exact) mass is 459 g/mol. The standard InChI is InChI=1S/C23H33N5O3S/c1-6-18(5)26-23(29)20-13-19(14-25-22(20)28-9-7-24-8-10-28)27-32(30,31)21-12-16(3)15(2)11-17(21)4/h11-14,18,24,27H,6-10H2,1-5H3,(H,26,29). The van der Waals surface area contributed by atoms with Gasteiger partial charge in [-0.2, -0.15) is 0 Å². The third-order valence-corrected chi connectivity index (χ3v) is 7.37. The highest BCUT2D eigenvalue weighted by atomic mass is 32.2. The van der Waals surface area contributed by atoms with Gasteiger partial charge in [0, 0.05) is 32.2 Å². The summed E-state index contributed by atoms with van der Waals surface area (Å²) >= 11 is 0. The number of aryl methyl sites for hydroxylation is 3. The lowest BCUT2D eigenvalue weighted by molar-refractivity contribution is 0.0939. The van der Waals surface area contributed by atoms with Crippen LogP contribution < -0.4 is 20.3 Å². The van der Waals surface area contributed by atoms with E-state index in [1.54, 1.807) is 19.1 Å². The van der Waals surface area contributed by atoms with Gasteiger partial charge in [0.1, 0.15) is 5.82 Å². The molecule has 0 spiro atoms. The molecule has 1 aliphatic heterocycles. The van der Waals surface area contributed by atoms with Crippen LogP contribution in [0.4, 0.5) is 11.5 Å². The number of carbonyl (C=O) groups excluding carboxylic acids is 1. The molecule has 2 heterocycles. The number of piperazine rings is 1. The van der Waals surface area contributed by atoms with Crippen molar-refractivity contribution in [2.24, 2.45) is 0 Å². The van der Waals surface area contributed by atoms with Crippen LogP contribution in [0.2, 0.25) is 0 Å². The summed E-state index contributed by atoms with van der Waals surface area (Å²) in [6.07, 6.45) is 2.27. The van der Waals surface area contributed by atoms with Crippen molar-refractivity contribution in [1.29, 1.82) is 0 Å². The van der Waals surface area contributed by atoms with Crippen LogP contribution in [0.1, 0.15) is 47.3 Å². The van der Waals surface area contributed by atoms with Crippen LogP contribution in [0, 0.1) is 20.8 Å². The molecule has 2 aromatic rings. The fourth-order valence-corrected chi connectivity index (χ4v) is 4.99. The first-order valence-electron chi connectivity index (χ1n) is 11.0. The summed E-state index contributed by atoms with van der Waals surface area (Å²) in [6.45, 7) is 12.6. The average Bonchev–Trinajstić information content (AvgIpc) is 2.76. The molecule has 3 N–H and O–H groups in total. The fourth-order valence-electron chi connectivity index (χ4n) is 3.65. The highest BCUT2D eigenvalue weighted by molar-refractivity contribution is 7.92. The normalized spacial score (nSPS) is 15.3. The van der Waals surface area contributed by atoms with Gasteiger partial charge in [-0.1, -0.05) is 13.0 Å². The van der Waals surface area contributed by atoms with Gasteiger partial charge in [0.25, 0.3) is 15.9 Å². The van der Waals surface area contributed by atoms with Gasteiger partial charge in [-0.05, 0) is 62.9 Å². The molecule has 1 fully saturated rings. The van der Waals surface area contributed by atoms with Gasteiger partial charge in [-0.25, -0.2) is 13.4 Å². The number of rotatable bonds is 7. The van der Waals surface area contributed by atoms with Crippen molar-refractivity contribution < 1.29 is 13.2 Å². The Bertz CT molecular complexity index is 1100. The lowest BCUT2D eigenvalue weighted by Crippen LogP contribution is -2.45. The summed E-state index contributed by atoms with van der Waals surface area (Å²) in [7, 11) is -3.84. The maximum absolute atomic E-state index is 13.1. The molecule has 1 unspecified atom stereocenters. The topological polar surface area (TPSA) is 103 Å². The predicted molar refractivity (Wildman–Crippen MR) is 128 cm³/mol. The Balaban J connectivity index is 1.97. The molecular formula is C23H33N5O3S. The summed E-state index contributed by atoms with van der Waals surface area (Å²) < 4.78 is 28.9. The molecule has 32 heavy (non-hydrogen) atoms. The highest BCUT2D eigenvalue weighted by Crippen LogP contribution is 2.26. The zero-order valence-electron chi connectivity index (χ0n) is 19.4. The first-order valence-corrected chi connectivity index (χ1v) is 12.5. The van der Waals surface area contributed by atoms with Crippen LogP contribution in [0.5, 0.6) is 0 Å². The number of nitrogens with one attached hydrogen (secondary N) is 3. The van der Waals surface area contributed by atoms with Gasteiger partial charge >= 0.3 is 0 Å². The Labute approximate surface area is 190 Å². The van der Waals surface area contributed by atoms with Crippen molar-refractivity contribution >= 4 is 27.4 Å². The van der Waals surface area contributed by atoms with Crippen molar-refractivity contribution in [2.75, 3.05) is 35.8 Å². The lowest BCUT2D eigenvalue weighted by Gasteiger charge is -2.30. The van der Waals surface area contributed by atoms with Crippen LogP contribution >= 0.6 is 0 Å². The number of amides is 1. The van der Waals surface area contributed by atoms with E-state index in [0.717, 1.165) is 43.7 Å². The summed E-state index contributed by atoms with van der Waals surface area (Å²) in [5.41, 5.74) is 3.23. The largest absolute Gasteiger partial charge is 0.353 e. The van der Waals surface area contributed by atoms with Gasteiger partial charge in [-0.3, -0.25) is 9.52 Å². The molecule has 1 aromatic heterocycles. The molecule has 0 bridgehead atoms. The number of carbonyl (C=O) groups is 1. The summed E-state index contributed by atoms with van der Waals surface area (Å²) in [5, 5.41) is 6.26. The molecule has 1 saturated heterocycles. The minimum atomic E-state index is -3.84. The third-order valence-electron chi connectivity index (χ3n) is 5.85. The Morgan fingerprint density at radius 1 is 1.12 bits per heavy atom. The fraction of sp³-hybridized carbons (Fsp3) is 0.478. The van der Waals surface area contributed by atoms with E-state index in [1.165, 1.54) is 6.20 Å². The maximum atomic E-state index is 13.1. The quantitative estimate of drug-likeness (QED) is 0.588. The third kappa shape index (κ3) is 5.39. The van der Waals surface area contributed by atoms with Gasteiger partial charge in [0.2, 0.25) is 0 Å². The SMILES string of the molecule is CCC(C)NC(=O)c1cc(NS(=O)(=O)c2cc(C)c(C)cc2C)cnc1N1CCNCC1. The summed E-state index contributed by atoms with van der Waals surface area (Å²) in [4.78, 5) is 19.8. The molecule has 1 atom stereocenters. The molecule has 0 radical (unpaired) electrons. The van der Waals surface area contributed by atoms with Crippen LogP contribution in [0.3, 0.4) is 0 Å². The maximum Gasteiger partial charge on any atom is 0.262 e. The van der Waals surface area contributed by atoms with Gasteiger partial charge in [0.05, 0.1) is 22.3 Å². The lowest BCUT2D eigenvalue weighted by atomic mass is 10.1. The first kappa shape index (κ1) is 24.0. The predicted octanol–water partition coefficient (Wildman–Crippen LogP) is 2.75. The van der Waals surface area contributed by atoms with Crippen LogP contribution in [-0.2, 0) is 10.0 Å².